The summed E-state index contributed by atoms with van der Waals surface area (Å²) in [6.45, 7) is 2.87. The number of nitrogens with one attached hydrogen (secondary N) is 1. The molecule has 1 aliphatic rings. The summed E-state index contributed by atoms with van der Waals surface area (Å²) in [5.74, 6) is 1.06. The molecule has 1 unspecified atom stereocenters. The Labute approximate surface area is 144 Å². The van der Waals surface area contributed by atoms with Crippen LogP contribution >= 0.6 is 0 Å². The van der Waals surface area contributed by atoms with Crippen molar-refractivity contribution >= 4 is 11.6 Å². The van der Waals surface area contributed by atoms with Crippen molar-refractivity contribution in [2.24, 2.45) is 0 Å². The lowest BCUT2D eigenvalue weighted by atomic mass is 10.1. The molecule has 1 heterocycles. The van der Waals surface area contributed by atoms with Gasteiger partial charge < -0.3 is 14.8 Å². The Hall–Kier alpha value is -3.09. The number of amides is 1. The molecule has 7 nitrogen and oxygen atoms in total. The number of hydrogen-bond donors (Lipinski definition) is 1. The Balaban J connectivity index is 1.68. The van der Waals surface area contributed by atoms with E-state index in [0.717, 1.165) is 5.56 Å². The van der Waals surface area contributed by atoms with Crippen molar-refractivity contribution in [3.8, 4) is 11.5 Å². The standard InChI is InChI=1S/C18H18N2O5/c1-12(13-6-7-16-17(10-13)25-9-8-24-16)19-18(21)11-14-4-2-3-5-15(14)20(22)23/h2-7,10,12H,8-9,11H2,1H3,(H,19,21). The normalized spacial score (nSPS) is 13.8. The minimum Gasteiger partial charge on any atom is -0.486 e. The Morgan fingerprint density at radius 3 is 2.68 bits per heavy atom. The van der Waals surface area contributed by atoms with Crippen LogP contribution in [0.3, 0.4) is 0 Å². The topological polar surface area (TPSA) is 90.7 Å². The van der Waals surface area contributed by atoms with Gasteiger partial charge in [0, 0.05) is 11.6 Å². The van der Waals surface area contributed by atoms with Gasteiger partial charge in [-0.2, -0.15) is 0 Å². The van der Waals surface area contributed by atoms with Crippen LogP contribution in [0.2, 0.25) is 0 Å². The van der Waals surface area contributed by atoms with E-state index in [1.54, 1.807) is 18.2 Å². The lowest BCUT2D eigenvalue weighted by molar-refractivity contribution is -0.385. The third kappa shape index (κ3) is 3.88. The second kappa shape index (κ2) is 7.21. The van der Waals surface area contributed by atoms with Crippen LogP contribution in [0.4, 0.5) is 5.69 Å². The van der Waals surface area contributed by atoms with E-state index in [-0.39, 0.29) is 24.1 Å². The molecule has 3 rings (SSSR count). The molecule has 0 spiro atoms. The molecule has 25 heavy (non-hydrogen) atoms. The predicted molar refractivity (Wildman–Crippen MR) is 90.8 cm³/mol. The van der Waals surface area contributed by atoms with E-state index in [1.807, 2.05) is 25.1 Å². The zero-order valence-corrected chi connectivity index (χ0v) is 13.7. The molecule has 0 aromatic heterocycles. The Morgan fingerprint density at radius 1 is 1.20 bits per heavy atom. The van der Waals surface area contributed by atoms with Crippen molar-refractivity contribution < 1.29 is 19.2 Å². The highest BCUT2D eigenvalue weighted by Crippen LogP contribution is 2.32. The van der Waals surface area contributed by atoms with Gasteiger partial charge >= 0.3 is 0 Å². The minimum atomic E-state index is -0.479. The van der Waals surface area contributed by atoms with Gasteiger partial charge in [-0.15, -0.1) is 0 Å². The average Bonchev–Trinajstić information content (AvgIpc) is 2.61. The maximum absolute atomic E-state index is 12.3. The second-order valence-corrected chi connectivity index (χ2v) is 5.75. The van der Waals surface area contributed by atoms with E-state index < -0.39 is 4.92 Å². The van der Waals surface area contributed by atoms with Crippen LogP contribution in [0.5, 0.6) is 11.5 Å². The summed E-state index contributed by atoms with van der Waals surface area (Å²) in [6, 6.07) is 11.5. The highest BCUT2D eigenvalue weighted by Gasteiger charge is 2.18. The van der Waals surface area contributed by atoms with Crippen molar-refractivity contribution in [3.63, 3.8) is 0 Å². The first-order valence-electron chi connectivity index (χ1n) is 7.96. The highest BCUT2D eigenvalue weighted by molar-refractivity contribution is 5.80. The van der Waals surface area contributed by atoms with Crippen LogP contribution in [0.15, 0.2) is 42.5 Å². The van der Waals surface area contributed by atoms with Crippen molar-refractivity contribution in [2.45, 2.75) is 19.4 Å². The number of benzene rings is 2. The summed E-state index contributed by atoms with van der Waals surface area (Å²) >= 11 is 0. The van der Waals surface area contributed by atoms with Gasteiger partial charge in [0.1, 0.15) is 13.2 Å². The number of fused-ring (bicyclic) bond motifs is 1. The number of nitro benzene ring substituents is 1. The maximum atomic E-state index is 12.3. The number of hydrogen-bond acceptors (Lipinski definition) is 5. The molecule has 0 saturated carbocycles. The molecule has 0 radical (unpaired) electrons. The van der Waals surface area contributed by atoms with Crippen LogP contribution < -0.4 is 14.8 Å². The fourth-order valence-corrected chi connectivity index (χ4v) is 2.72. The zero-order valence-electron chi connectivity index (χ0n) is 13.7. The molecular weight excluding hydrogens is 324 g/mol. The fraction of sp³-hybridized carbons (Fsp3) is 0.278. The molecule has 1 N–H and O–H groups in total. The van der Waals surface area contributed by atoms with Gasteiger partial charge in [0.15, 0.2) is 11.5 Å². The van der Waals surface area contributed by atoms with Gasteiger partial charge in [-0.25, -0.2) is 0 Å². The lowest BCUT2D eigenvalue weighted by Gasteiger charge is -2.21. The van der Waals surface area contributed by atoms with E-state index in [2.05, 4.69) is 5.32 Å². The first-order valence-corrected chi connectivity index (χ1v) is 7.96. The molecule has 2 aromatic carbocycles. The molecule has 1 amide bonds. The van der Waals surface area contributed by atoms with Crippen molar-refractivity contribution in [2.75, 3.05) is 13.2 Å². The molecule has 0 bridgehead atoms. The number of nitro groups is 1. The van der Waals surface area contributed by atoms with Gasteiger partial charge in [0.2, 0.25) is 5.91 Å². The number of carbonyl (C=O) groups excluding carboxylic acids is 1. The van der Waals surface area contributed by atoms with Gasteiger partial charge in [0.25, 0.3) is 5.69 Å². The third-order valence-corrected chi connectivity index (χ3v) is 3.98. The lowest BCUT2D eigenvalue weighted by Crippen LogP contribution is -2.28. The Morgan fingerprint density at radius 2 is 1.92 bits per heavy atom. The van der Waals surface area contributed by atoms with Crippen LogP contribution in [0, 0.1) is 10.1 Å². The molecule has 0 aliphatic carbocycles. The van der Waals surface area contributed by atoms with Crippen LogP contribution in [0.1, 0.15) is 24.1 Å². The van der Waals surface area contributed by atoms with Gasteiger partial charge in [-0.3, -0.25) is 14.9 Å². The number of ether oxygens (including phenoxy) is 2. The summed E-state index contributed by atoms with van der Waals surface area (Å²) in [7, 11) is 0. The summed E-state index contributed by atoms with van der Waals surface area (Å²) in [4.78, 5) is 22.8. The first-order chi connectivity index (χ1) is 12.0. The van der Waals surface area contributed by atoms with Crippen molar-refractivity contribution in [1.29, 1.82) is 0 Å². The Kier molecular flexibility index (Phi) is 4.83. The molecule has 130 valence electrons. The largest absolute Gasteiger partial charge is 0.486 e. The molecule has 1 aliphatic heterocycles. The molecule has 0 saturated heterocycles. The van der Waals surface area contributed by atoms with Gasteiger partial charge in [-0.05, 0) is 24.6 Å². The van der Waals surface area contributed by atoms with Crippen molar-refractivity contribution in [1.82, 2.24) is 5.32 Å². The van der Waals surface area contributed by atoms with Crippen molar-refractivity contribution in [3.05, 3.63) is 63.7 Å². The van der Waals surface area contributed by atoms with Crippen LogP contribution in [-0.4, -0.2) is 24.0 Å². The molecule has 0 fully saturated rings. The third-order valence-electron chi connectivity index (χ3n) is 3.98. The molecular formula is C18H18N2O5. The summed E-state index contributed by atoms with van der Waals surface area (Å²) in [6.07, 6.45) is -0.0496. The summed E-state index contributed by atoms with van der Waals surface area (Å²) in [5.41, 5.74) is 1.21. The fourth-order valence-electron chi connectivity index (χ4n) is 2.72. The number of para-hydroxylation sites is 1. The second-order valence-electron chi connectivity index (χ2n) is 5.75. The molecule has 1 atom stereocenters. The van der Waals surface area contributed by atoms with Gasteiger partial charge in [0.05, 0.1) is 17.4 Å². The van der Waals surface area contributed by atoms with E-state index >= 15 is 0 Å². The first kappa shape index (κ1) is 16.8. The highest BCUT2D eigenvalue weighted by atomic mass is 16.6. The van der Waals surface area contributed by atoms with E-state index in [4.69, 9.17) is 9.47 Å². The Bertz CT molecular complexity index is 806. The predicted octanol–water partition coefficient (Wildman–Crippen LogP) is 2.79. The summed E-state index contributed by atoms with van der Waals surface area (Å²) < 4.78 is 11.0. The molecule has 2 aromatic rings. The van der Waals surface area contributed by atoms with Gasteiger partial charge in [-0.1, -0.05) is 24.3 Å². The summed E-state index contributed by atoms with van der Waals surface area (Å²) in [5, 5.41) is 13.9. The number of nitrogens with zero attached hydrogens (tertiary/aromatic N) is 1. The smallest absolute Gasteiger partial charge is 0.273 e. The van der Waals surface area contributed by atoms with Crippen LogP contribution in [-0.2, 0) is 11.2 Å². The zero-order chi connectivity index (χ0) is 17.8. The van der Waals surface area contributed by atoms with E-state index in [1.165, 1.54) is 6.07 Å². The maximum Gasteiger partial charge on any atom is 0.273 e. The van der Waals surface area contributed by atoms with Crippen LogP contribution in [0.25, 0.3) is 0 Å². The molecule has 7 heteroatoms. The minimum absolute atomic E-state index is 0.0496. The quantitative estimate of drug-likeness (QED) is 0.666. The number of carbonyl (C=O) groups is 1. The monoisotopic (exact) mass is 342 g/mol. The SMILES string of the molecule is CC(NC(=O)Cc1ccccc1[N+](=O)[O-])c1ccc2c(c1)OCCO2. The van der Waals surface area contributed by atoms with E-state index in [9.17, 15) is 14.9 Å². The average molecular weight is 342 g/mol. The number of rotatable bonds is 5. The van der Waals surface area contributed by atoms with E-state index in [0.29, 0.717) is 30.3 Å².